The monoisotopic (exact) mass is 240 g/mol. The molecule has 0 aliphatic carbocycles. The van der Waals surface area contributed by atoms with Crippen molar-refractivity contribution >= 4 is 29.5 Å². The molecule has 2 heterocycles. The molecule has 0 aliphatic rings. The molecule has 84 valence electrons. The number of nitrogens with zero attached hydrogens (tertiary/aromatic N) is 5. The molecule has 0 saturated heterocycles. The number of halogens is 1. The van der Waals surface area contributed by atoms with Gasteiger partial charge in [0, 0.05) is 0 Å². The van der Waals surface area contributed by atoms with E-state index in [0.717, 1.165) is 0 Å². The zero-order chi connectivity index (χ0) is 11.4. The zero-order valence-corrected chi connectivity index (χ0v) is 9.22. The first-order valence-electron chi connectivity index (χ1n) is 4.58. The van der Waals surface area contributed by atoms with Crippen LogP contribution in [0.4, 0.5) is 5.82 Å². The molecular weight excluding hydrogens is 232 g/mol. The molecule has 0 amide bonds. The number of fused-ring (bicyclic) bond motifs is 1. The Hall–Kier alpha value is -1.89. The standard InChI is InChI=1S/C8H9ClN6O/c1-2-16-5-10-11-6-3-4-7-12-13-8(9)15(7)14-6/h3-5H,2H2,1H3,(H,11,14)/b10-5+. The van der Waals surface area contributed by atoms with Crippen LogP contribution in [-0.4, -0.2) is 32.8 Å². The molecule has 0 bridgehead atoms. The maximum Gasteiger partial charge on any atom is 0.246 e. The van der Waals surface area contributed by atoms with Crippen molar-refractivity contribution in [3.63, 3.8) is 0 Å². The lowest BCUT2D eigenvalue weighted by Gasteiger charge is -1.99. The third kappa shape index (κ3) is 2.19. The third-order valence-electron chi connectivity index (χ3n) is 1.70. The van der Waals surface area contributed by atoms with Crippen LogP contribution >= 0.6 is 11.6 Å². The van der Waals surface area contributed by atoms with Crippen molar-refractivity contribution in [2.75, 3.05) is 12.0 Å². The van der Waals surface area contributed by atoms with Crippen LogP contribution in [0.2, 0.25) is 5.28 Å². The molecule has 0 aliphatic heterocycles. The molecule has 0 radical (unpaired) electrons. The minimum atomic E-state index is 0.201. The fourth-order valence-electron chi connectivity index (χ4n) is 1.03. The summed E-state index contributed by atoms with van der Waals surface area (Å²) in [6.45, 7) is 2.43. The Morgan fingerprint density at radius 1 is 1.56 bits per heavy atom. The highest BCUT2D eigenvalue weighted by Gasteiger charge is 2.03. The number of rotatable bonds is 4. The molecule has 0 aromatic carbocycles. The molecule has 16 heavy (non-hydrogen) atoms. The molecule has 0 saturated carbocycles. The second kappa shape index (κ2) is 4.75. The fourth-order valence-corrected chi connectivity index (χ4v) is 1.19. The van der Waals surface area contributed by atoms with Crippen LogP contribution < -0.4 is 5.43 Å². The van der Waals surface area contributed by atoms with Crippen LogP contribution in [-0.2, 0) is 4.74 Å². The molecule has 0 fully saturated rings. The largest absolute Gasteiger partial charge is 0.482 e. The number of anilines is 1. The summed E-state index contributed by atoms with van der Waals surface area (Å²) < 4.78 is 6.31. The average Bonchev–Trinajstić information content (AvgIpc) is 2.67. The van der Waals surface area contributed by atoms with Gasteiger partial charge in [0.25, 0.3) is 0 Å². The Kier molecular flexibility index (Phi) is 3.16. The van der Waals surface area contributed by atoms with E-state index in [1.165, 1.54) is 10.9 Å². The predicted octanol–water partition coefficient (Wildman–Crippen LogP) is 1.17. The summed E-state index contributed by atoms with van der Waals surface area (Å²) in [6, 6.07) is 3.44. The van der Waals surface area contributed by atoms with Crippen molar-refractivity contribution in [1.29, 1.82) is 0 Å². The first-order chi connectivity index (χ1) is 7.81. The second-order valence-electron chi connectivity index (χ2n) is 2.76. The minimum Gasteiger partial charge on any atom is -0.482 e. The summed E-state index contributed by atoms with van der Waals surface area (Å²) >= 11 is 5.76. The Bertz CT molecular complexity index is 510. The van der Waals surface area contributed by atoms with Gasteiger partial charge in [-0.1, -0.05) is 0 Å². The molecule has 0 spiro atoms. The molecule has 7 nitrogen and oxygen atoms in total. The molecule has 2 aromatic heterocycles. The van der Waals surface area contributed by atoms with Crippen LogP contribution in [0.25, 0.3) is 5.65 Å². The lowest BCUT2D eigenvalue weighted by atomic mass is 10.5. The van der Waals surface area contributed by atoms with E-state index in [1.54, 1.807) is 12.1 Å². The number of hydrazone groups is 1. The van der Waals surface area contributed by atoms with Gasteiger partial charge in [-0.15, -0.1) is 20.4 Å². The smallest absolute Gasteiger partial charge is 0.246 e. The topological polar surface area (TPSA) is 76.7 Å². The van der Waals surface area contributed by atoms with E-state index in [-0.39, 0.29) is 5.28 Å². The predicted molar refractivity (Wildman–Crippen MR) is 59.5 cm³/mol. The first kappa shape index (κ1) is 10.6. The van der Waals surface area contributed by atoms with Crippen molar-refractivity contribution < 1.29 is 4.74 Å². The summed E-state index contributed by atoms with van der Waals surface area (Å²) in [4.78, 5) is 0. The van der Waals surface area contributed by atoms with Crippen LogP contribution in [0.15, 0.2) is 17.2 Å². The highest BCUT2D eigenvalue weighted by Crippen LogP contribution is 2.09. The van der Waals surface area contributed by atoms with E-state index in [2.05, 4.69) is 25.8 Å². The van der Waals surface area contributed by atoms with Gasteiger partial charge < -0.3 is 4.74 Å². The van der Waals surface area contributed by atoms with Gasteiger partial charge >= 0.3 is 0 Å². The summed E-state index contributed by atoms with van der Waals surface area (Å²) in [7, 11) is 0. The number of hydrogen-bond donors (Lipinski definition) is 1. The van der Waals surface area contributed by atoms with E-state index < -0.39 is 0 Å². The lowest BCUT2D eigenvalue weighted by molar-refractivity contribution is 0.343. The fraction of sp³-hybridized carbons (Fsp3) is 0.250. The highest BCUT2D eigenvalue weighted by atomic mass is 35.5. The van der Waals surface area contributed by atoms with E-state index in [9.17, 15) is 0 Å². The van der Waals surface area contributed by atoms with Crippen molar-refractivity contribution in [3.8, 4) is 0 Å². The third-order valence-corrected chi connectivity index (χ3v) is 1.93. The summed E-state index contributed by atoms with van der Waals surface area (Å²) in [5.41, 5.74) is 3.26. The quantitative estimate of drug-likeness (QED) is 0.493. The van der Waals surface area contributed by atoms with Crippen molar-refractivity contribution in [3.05, 3.63) is 17.4 Å². The lowest BCUT2D eigenvalue weighted by Crippen LogP contribution is -1.99. The van der Waals surface area contributed by atoms with Gasteiger partial charge in [-0.3, -0.25) is 5.43 Å². The number of ether oxygens (including phenoxy) is 1. The van der Waals surface area contributed by atoms with E-state index >= 15 is 0 Å². The van der Waals surface area contributed by atoms with Crippen LogP contribution in [0.1, 0.15) is 6.92 Å². The van der Waals surface area contributed by atoms with Crippen molar-refractivity contribution in [2.24, 2.45) is 5.10 Å². The number of aromatic nitrogens is 4. The highest BCUT2D eigenvalue weighted by molar-refractivity contribution is 6.28. The van der Waals surface area contributed by atoms with Crippen molar-refractivity contribution in [2.45, 2.75) is 6.92 Å². The van der Waals surface area contributed by atoms with E-state index in [1.807, 2.05) is 6.92 Å². The van der Waals surface area contributed by atoms with E-state index in [4.69, 9.17) is 16.3 Å². The molecule has 0 atom stereocenters. The van der Waals surface area contributed by atoms with Gasteiger partial charge in [0.05, 0.1) is 6.61 Å². The molecular formula is C8H9ClN6O. The van der Waals surface area contributed by atoms with Gasteiger partial charge in [-0.05, 0) is 30.7 Å². The number of nitrogens with one attached hydrogen (secondary N) is 1. The van der Waals surface area contributed by atoms with E-state index in [0.29, 0.717) is 18.1 Å². The van der Waals surface area contributed by atoms with Gasteiger partial charge in [-0.2, -0.15) is 4.52 Å². The summed E-state index contributed by atoms with van der Waals surface area (Å²) in [6.07, 6.45) is 1.31. The van der Waals surface area contributed by atoms with Gasteiger partial charge in [-0.25, -0.2) is 0 Å². The molecule has 2 aromatic rings. The zero-order valence-electron chi connectivity index (χ0n) is 8.46. The number of hydrogen-bond acceptors (Lipinski definition) is 6. The maximum atomic E-state index is 5.76. The Balaban J connectivity index is 2.15. The average molecular weight is 241 g/mol. The molecule has 0 unspecified atom stereocenters. The summed E-state index contributed by atoms with van der Waals surface area (Å²) in [5.74, 6) is 0.519. The summed E-state index contributed by atoms with van der Waals surface area (Å²) in [5, 5.41) is 15.6. The van der Waals surface area contributed by atoms with Crippen LogP contribution in [0, 0.1) is 0 Å². The van der Waals surface area contributed by atoms with Gasteiger partial charge in [0.15, 0.2) is 17.9 Å². The molecule has 2 rings (SSSR count). The first-order valence-corrected chi connectivity index (χ1v) is 4.96. The Morgan fingerprint density at radius 3 is 3.25 bits per heavy atom. The Morgan fingerprint density at radius 2 is 2.44 bits per heavy atom. The Labute approximate surface area is 96.1 Å². The van der Waals surface area contributed by atoms with Gasteiger partial charge in [0.2, 0.25) is 5.28 Å². The molecule has 8 heteroatoms. The normalized spacial score (nSPS) is 11.1. The van der Waals surface area contributed by atoms with Crippen LogP contribution in [0.3, 0.4) is 0 Å². The SMILES string of the molecule is CCO/C=N/Nc1ccc2nnc(Cl)n2n1. The van der Waals surface area contributed by atoms with Gasteiger partial charge in [0.1, 0.15) is 0 Å². The maximum absolute atomic E-state index is 5.76. The van der Waals surface area contributed by atoms with Crippen LogP contribution in [0.5, 0.6) is 0 Å². The molecule has 1 N–H and O–H groups in total. The minimum absolute atomic E-state index is 0.201. The van der Waals surface area contributed by atoms with Crippen molar-refractivity contribution in [1.82, 2.24) is 19.8 Å². The second-order valence-corrected chi connectivity index (χ2v) is 3.10.